The number of benzene rings is 2. The van der Waals surface area contributed by atoms with Gasteiger partial charge in [-0.05, 0) is 47.5 Å². The van der Waals surface area contributed by atoms with Crippen molar-refractivity contribution in [3.05, 3.63) is 73.3 Å². The third-order valence-corrected chi connectivity index (χ3v) is 11.2. The molecule has 2 aromatic rings. The average Bonchev–Trinajstić information content (AvgIpc) is 2.79. The number of aliphatic hydroxyl groups is 1. The Balaban J connectivity index is 1.86. The van der Waals surface area contributed by atoms with Gasteiger partial charge in [0.15, 0.2) is 0 Å². The Hall–Kier alpha value is -1.68. The molecule has 2 nitrogen and oxygen atoms in total. The summed E-state index contributed by atoms with van der Waals surface area (Å²) in [6, 6.07) is 20.6. The smallest absolute Gasteiger partial charge is 0.258 e. The van der Waals surface area contributed by atoms with E-state index in [1.165, 1.54) is 19.3 Å². The lowest BCUT2D eigenvalue weighted by Gasteiger charge is -2.41. The van der Waals surface area contributed by atoms with E-state index in [1.54, 1.807) is 0 Å². The summed E-state index contributed by atoms with van der Waals surface area (Å²) in [6.07, 6.45) is 12.4. The Labute approximate surface area is 191 Å². The molecule has 0 aliphatic heterocycles. The first-order valence-corrected chi connectivity index (χ1v) is 14.0. The molecular formula is C28H42O2Si. The predicted octanol–water partition coefficient (Wildman–Crippen LogP) is 5.97. The number of aliphatic hydroxyl groups excluding tert-OH is 1. The van der Waals surface area contributed by atoms with Gasteiger partial charge in [-0.2, -0.15) is 0 Å². The van der Waals surface area contributed by atoms with Crippen LogP contribution in [0.1, 0.15) is 78.1 Å². The molecule has 0 radical (unpaired) electrons. The SMILES string of the molecule is C=CCCCC(O)CCCCCCCC(C)(C)[Si](O)(c1ccccc1)c1ccccc1. The average molecular weight is 439 g/mol. The van der Waals surface area contributed by atoms with Gasteiger partial charge in [0.25, 0.3) is 8.32 Å². The standard InChI is InChI=1S/C28H42O2Si/c1-4-5-11-18-25(29)19-12-7-6-8-17-24-28(2,3)31(30,26-20-13-9-14-21-26)27-22-15-10-16-23-27/h4,9-10,13-16,20-23,25,29-30H,1,5-8,11-12,17-19,24H2,2-3H3. The Bertz CT molecular complexity index is 703. The molecular weight excluding hydrogens is 396 g/mol. The molecule has 31 heavy (non-hydrogen) atoms. The maximum Gasteiger partial charge on any atom is 0.258 e. The number of hydrogen-bond donors (Lipinski definition) is 2. The minimum absolute atomic E-state index is 0.156. The number of hydrogen-bond acceptors (Lipinski definition) is 2. The maximum absolute atomic E-state index is 12.2. The Morgan fingerprint density at radius 3 is 1.84 bits per heavy atom. The fourth-order valence-electron chi connectivity index (χ4n) is 4.61. The fraction of sp³-hybridized carbons (Fsp3) is 0.500. The first kappa shape index (κ1) is 25.6. The molecule has 0 bridgehead atoms. The van der Waals surface area contributed by atoms with E-state index < -0.39 is 8.32 Å². The molecule has 2 aromatic carbocycles. The van der Waals surface area contributed by atoms with Crippen molar-refractivity contribution < 1.29 is 9.90 Å². The van der Waals surface area contributed by atoms with Crippen LogP contribution in [0.2, 0.25) is 5.04 Å². The van der Waals surface area contributed by atoms with Gasteiger partial charge < -0.3 is 9.90 Å². The first-order chi connectivity index (χ1) is 14.9. The van der Waals surface area contributed by atoms with Gasteiger partial charge in [-0.3, -0.25) is 0 Å². The van der Waals surface area contributed by atoms with Gasteiger partial charge in [-0.15, -0.1) is 6.58 Å². The highest BCUT2D eigenvalue weighted by molar-refractivity contribution is 6.98. The number of allylic oxidation sites excluding steroid dienone is 1. The molecule has 0 spiro atoms. The second-order valence-electron chi connectivity index (χ2n) is 9.51. The van der Waals surface area contributed by atoms with Gasteiger partial charge >= 0.3 is 0 Å². The predicted molar refractivity (Wildman–Crippen MR) is 137 cm³/mol. The van der Waals surface area contributed by atoms with Gasteiger partial charge in [0, 0.05) is 0 Å². The third-order valence-electron chi connectivity index (χ3n) is 6.65. The van der Waals surface area contributed by atoms with Crippen molar-refractivity contribution >= 4 is 18.7 Å². The summed E-state index contributed by atoms with van der Waals surface area (Å²) >= 11 is 0. The monoisotopic (exact) mass is 438 g/mol. The molecule has 0 heterocycles. The van der Waals surface area contributed by atoms with E-state index in [9.17, 15) is 9.90 Å². The highest BCUT2D eigenvalue weighted by atomic mass is 28.4. The summed E-state index contributed by atoms with van der Waals surface area (Å²) in [6.45, 7) is 8.23. The Morgan fingerprint density at radius 2 is 1.29 bits per heavy atom. The largest absolute Gasteiger partial charge is 0.424 e. The van der Waals surface area contributed by atoms with Crippen LogP contribution in [-0.2, 0) is 0 Å². The van der Waals surface area contributed by atoms with Crippen molar-refractivity contribution in [2.75, 3.05) is 0 Å². The van der Waals surface area contributed by atoms with Crippen molar-refractivity contribution in [2.45, 2.75) is 89.2 Å². The van der Waals surface area contributed by atoms with E-state index in [0.717, 1.165) is 55.3 Å². The molecule has 3 heteroatoms. The van der Waals surface area contributed by atoms with Gasteiger partial charge in [0.2, 0.25) is 0 Å². The topological polar surface area (TPSA) is 40.5 Å². The van der Waals surface area contributed by atoms with E-state index in [-0.39, 0.29) is 11.1 Å². The summed E-state index contributed by atoms with van der Waals surface area (Å²) < 4.78 is 0. The normalized spacial score (nSPS) is 13.2. The zero-order chi connectivity index (χ0) is 22.6. The molecule has 0 amide bonds. The molecule has 0 fully saturated rings. The van der Waals surface area contributed by atoms with Gasteiger partial charge in [-0.25, -0.2) is 0 Å². The molecule has 0 saturated heterocycles. The summed E-state index contributed by atoms with van der Waals surface area (Å²) in [7, 11) is -2.88. The molecule has 2 rings (SSSR count). The second-order valence-corrected chi connectivity index (χ2v) is 13.4. The van der Waals surface area contributed by atoms with Crippen LogP contribution in [0.25, 0.3) is 0 Å². The summed E-state index contributed by atoms with van der Waals surface area (Å²) in [5.41, 5.74) is 0. The molecule has 0 aliphatic carbocycles. The minimum Gasteiger partial charge on any atom is -0.424 e. The van der Waals surface area contributed by atoms with Crippen LogP contribution >= 0.6 is 0 Å². The molecule has 170 valence electrons. The van der Waals surface area contributed by atoms with Crippen molar-refractivity contribution in [1.82, 2.24) is 0 Å². The lowest BCUT2D eigenvalue weighted by Crippen LogP contribution is -2.65. The third kappa shape index (κ3) is 7.45. The fourth-order valence-corrected chi connectivity index (χ4v) is 8.39. The highest BCUT2D eigenvalue weighted by Gasteiger charge is 2.49. The minimum atomic E-state index is -2.88. The van der Waals surface area contributed by atoms with Crippen LogP contribution in [0.15, 0.2) is 73.3 Å². The number of rotatable bonds is 15. The zero-order valence-corrected chi connectivity index (χ0v) is 20.6. The Morgan fingerprint density at radius 1 is 0.806 bits per heavy atom. The Kier molecular flexibility index (Phi) is 10.7. The van der Waals surface area contributed by atoms with Gasteiger partial charge in [-0.1, -0.05) is 113 Å². The van der Waals surface area contributed by atoms with E-state index in [0.29, 0.717) is 0 Å². The van der Waals surface area contributed by atoms with Crippen molar-refractivity contribution in [1.29, 1.82) is 0 Å². The van der Waals surface area contributed by atoms with E-state index in [2.05, 4.69) is 44.7 Å². The molecule has 2 N–H and O–H groups in total. The lowest BCUT2D eigenvalue weighted by atomic mass is 10.0. The van der Waals surface area contributed by atoms with Gasteiger partial charge in [0.05, 0.1) is 6.10 Å². The van der Waals surface area contributed by atoms with E-state index in [1.807, 2.05) is 42.5 Å². The van der Waals surface area contributed by atoms with Crippen LogP contribution in [0.4, 0.5) is 0 Å². The van der Waals surface area contributed by atoms with Crippen molar-refractivity contribution in [3.8, 4) is 0 Å². The number of unbranched alkanes of at least 4 members (excludes halogenated alkanes) is 5. The molecule has 0 aliphatic rings. The second kappa shape index (κ2) is 13.0. The highest BCUT2D eigenvalue weighted by Crippen LogP contribution is 2.40. The van der Waals surface area contributed by atoms with Gasteiger partial charge in [0.1, 0.15) is 0 Å². The first-order valence-electron chi connectivity index (χ1n) is 12.0. The van der Waals surface area contributed by atoms with Crippen LogP contribution in [0.5, 0.6) is 0 Å². The molecule has 0 aromatic heterocycles. The summed E-state index contributed by atoms with van der Waals surface area (Å²) in [5, 5.41) is 12.1. The maximum atomic E-state index is 12.2. The van der Waals surface area contributed by atoms with Crippen LogP contribution in [-0.4, -0.2) is 24.3 Å². The lowest BCUT2D eigenvalue weighted by molar-refractivity contribution is 0.148. The molecule has 1 atom stereocenters. The van der Waals surface area contributed by atoms with E-state index in [4.69, 9.17) is 0 Å². The van der Waals surface area contributed by atoms with Crippen molar-refractivity contribution in [2.24, 2.45) is 0 Å². The zero-order valence-electron chi connectivity index (χ0n) is 19.6. The summed E-state index contributed by atoms with van der Waals surface area (Å²) in [5.74, 6) is 0. The quantitative estimate of drug-likeness (QED) is 0.204. The molecule has 1 unspecified atom stereocenters. The summed E-state index contributed by atoms with van der Waals surface area (Å²) in [4.78, 5) is 12.2. The van der Waals surface area contributed by atoms with Crippen LogP contribution < -0.4 is 10.4 Å². The molecule has 0 saturated carbocycles. The van der Waals surface area contributed by atoms with Crippen LogP contribution in [0, 0.1) is 0 Å². The van der Waals surface area contributed by atoms with Crippen LogP contribution in [0.3, 0.4) is 0 Å². The van der Waals surface area contributed by atoms with Crippen molar-refractivity contribution in [3.63, 3.8) is 0 Å². The van der Waals surface area contributed by atoms with E-state index >= 15 is 0 Å².